The van der Waals surface area contributed by atoms with Crippen LogP contribution in [0, 0.1) is 0 Å². The summed E-state index contributed by atoms with van der Waals surface area (Å²) in [6.45, 7) is 2.26. The average molecular weight is 694 g/mol. The van der Waals surface area contributed by atoms with Crippen LogP contribution in [-0.4, -0.2) is 83.4 Å². The average Bonchev–Trinajstić information content (AvgIpc) is 3.84. The van der Waals surface area contributed by atoms with Gasteiger partial charge in [-0.25, -0.2) is 9.79 Å². The van der Waals surface area contributed by atoms with Crippen molar-refractivity contribution in [3.8, 4) is 0 Å². The van der Waals surface area contributed by atoms with E-state index in [9.17, 15) is 24.6 Å². The molecule has 5 rings (SSSR count). The number of ether oxygens (including phenoxy) is 1. The lowest BCUT2D eigenvalue weighted by molar-refractivity contribution is -0.169. The molecule has 258 valence electrons. The first-order chi connectivity index (χ1) is 23.3. The van der Waals surface area contributed by atoms with E-state index in [1.165, 1.54) is 66.9 Å². The Balaban J connectivity index is 0.894. The number of hydrogen-bond donors (Lipinski definition) is 3. The van der Waals surface area contributed by atoms with Crippen LogP contribution in [0.1, 0.15) is 80.4 Å². The zero-order chi connectivity index (χ0) is 33.9. The topological polar surface area (TPSA) is 129 Å². The number of carbonyl (C=O) groups is 3. The number of nitrogens with zero attached hydrogens (tertiary/aromatic N) is 2. The lowest BCUT2D eigenvalue weighted by atomic mass is 9.89. The number of thiophene rings is 2. The van der Waals surface area contributed by atoms with Crippen LogP contribution in [0.4, 0.5) is 0 Å². The van der Waals surface area contributed by atoms with E-state index in [0.29, 0.717) is 33.5 Å². The van der Waals surface area contributed by atoms with Gasteiger partial charge >= 0.3 is 5.97 Å². The van der Waals surface area contributed by atoms with Gasteiger partial charge in [0.15, 0.2) is 0 Å². The van der Waals surface area contributed by atoms with Crippen molar-refractivity contribution in [2.24, 2.45) is 4.99 Å². The summed E-state index contributed by atoms with van der Waals surface area (Å²) in [7, 11) is 2.20. The summed E-state index contributed by atoms with van der Waals surface area (Å²) in [6, 6.07) is 7.76. The number of unbranched alkanes of at least 4 members (excludes halogenated alkanes) is 6. The standard InChI is InChI=1S/C37H47N3O6S2/c1-40(26-13-15-27(16-14-26)46-36(44)37(45,32-11-9-23-47-32)33-12-10-24-48-33)22-8-6-4-2-3-5-7-21-38-25-31(42)28-17-19-30(41)35-29(28)18-20-34(43)39-35/h9-12,17-20,23-24,26-27,31,38,42,45H,2-8,13-16,21-22,25H2,1H3/t26?,27?,31-/m0/s1. The van der Waals surface area contributed by atoms with Gasteiger partial charge in [-0.1, -0.05) is 50.3 Å². The van der Waals surface area contributed by atoms with Crippen molar-refractivity contribution in [1.29, 1.82) is 0 Å². The predicted octanol–water partition coefficient (Wildman–Crippen LogP) is 5.49. The third-order valence-electron chi connectivity index (χ3n) is 9.48. The van der Waals surface area contributed by atoms with E-state index in [0.717, 1.165) is 51.6 Å². The first-order valence-electron chi connectivity index (χ1n) is 17.2. The van der Waals surface area contributed by atoms with Crippen molar-refractivity contribution >= 4 is 46.0 Å². The van der Waals surface area contributed by atoms with Crippen LogP contribution in [0.15, 0.2) is 75.5 Å². The molecule has 1 atom stereocenters. The van der Waals surface area contributed by atoms with Gasteiger partial charge in [0.05, 0.1) is 15.9 Å². The first-order valence-corrected chi connectivity index (χ1v) is 18.9. The van der Waals surface area contributed by atoms with E-state index in [4.69, 9.17) is 4.74 Å². The molecule has 0 radical (unpaired) electrons. The number of allylic oxidation sites excluding steroid dienone is 3. The van der Waals surface area contributed by atoms with Crippen molar-refractivity contribution < 1.29 is 29.3 Å². The number of ketones is 1. The summed E-state index contributed by atoms with van der Waals surface area (Å²) >= 11 is 2.73. The van der Waals surface area contributed by atoms with Crippen LogP contribution in [-0.2, 0) is 24.7 Å². The number of amides is 1. The minimum absolute atomic E-state index is 0.114. The number of aliphatic hydroxyl groups excluding tert-OH is 1. The number of hydrogen-bond acceptors (Lipinski definition) is 10. The Morgan fingerprint density at radius 2 is 1.60 bits per heavy atom. The number of nitrogens with one attached hydrogen (secondary N) is 1. The van der Waals surface area contributed by atoms with Crippen LogP contribution in [0.3, 0.4) is 0 Å². The smallest absolute Gasteiger partial charge is 0.349 e. The zero-order valence-electron chi connectivity index (χ0n) is 27.6. The van der Waals surface area contributed by atoms with Gasteiger partial charge in [-0.05, 0) is 99.3 Å². The molecule has 0 bridgehead atoms. The number of rotatable bonds is 18. The zero-order valence-corrected chi connectivity index (χ0v) is 29.3. The summed E-state index contributed by atoms with van der Waals surface area (Å²) in [4.78, 5) is 44.3. The molecule has 1 fully saturated rings. The Labute approximate surface area is 291 Å². The number of carbonyl (C=O) groups excluding carboxylic acids is 3. The van der Waals surface area contributed by atoms with Gasteiger partial charge in [0.25, 0.3) is 5.91 Å². The van der Waals surface area contributed by atoms with E-state index in [-0.39, 0.29) is 17.6 Å². The molecular weight excluding hydrogens is 647 g/mol. The normalized spacial score (nSPS) is 20.3. The van der Waals surface area contributed by atoms with Crippen molar-refractivity contribution in [2.75, 3.05) is 26.7 Å². The molecule has 3 heterocycles. The Bertz CT molecular complexity index is 1470. The van der Waals surface area contributed by atoms with Crippen molar-refractivity contribution in [3.05, 3.63) is 80.2 Å². The Kier molecular flexibility index (Phi) is 13.2. The third-order valence-corrected chi connectivity index (χ3v) is 11.4. The number of fused-ring (bicyclic) bond motifs is 1. The van der Waals surface area contributed by atoms with Crippen LogP contribution < -0.4 is 5.32 Å². The van der Waals surface area contributed by atoms with E-state index in [2.05, 4.69) is 22.3 Å². The van der Waals surface area contributed by atoms with Gasteiger partial charge in [-0.15, -0.1) is 22.7 Å². The second-order valence-electron chi connectivity index (χ2n) is 12.9. The van der Waals surface area contributed by atoms with Gasteiger partial charge in [-0.2, -0.15) is 0 Å². The summed E-state index contributed by atoms with van der Waals surface area (Å²) in [5, 5.41) is 29.2. The monoisotopic (exact) mass is 693 g/mol. The first kappa shape index (κ1) is 36.2. The molecular formula is C37H47N3O6S2. The summed E-state index contributed by atoms with van der Waals surface area (Å²) in [6.07, 6.45) is 16.7. The summed E-state index contributed by atoms with van der Waals surface area (Å²) in [5.74, 6) is -1.34. The van der Waals surface area contributed by atoms with Gasteiger partial charge in [-0.3, -0.25) is 9.59 Å². The van der Waals surface area contributed by atoms with Gasteiger partial charge in [0.2, 0.25) is 11.4 Å². The third kappa shape index (κ3) is 9.13. The van der Waals surface area contributed by atoms with Crippen LogP contribution in [0.25, 0.3) is 0 Å². The molecule has 11 heteroatoms. The lowest BCUT2D eigenvalue weighted by Gasteiger charge is -2.35. The Hall–Kier alpha value is -3.06. The second kappa shape index (κ2) is 17.6. The molecule has 2 aromatic heterocycles. The molecule has 0 aromatic carbocycles. The number of esters is 1. The van der Waals surface area contributed by atoms with Crippen molar-refractivity contribution in [2.45, 2.75) is 94.5 Å². The minimum atomic E-state index is -1.75. The van der Waals surface area contributed by atoms with E-state index in [1.54, 1.807) is 24.3 Å². The highest BCUT2D eigenvalue weighted by Crippen LogP contribution is 2.38. The summed E-state index contributed by atoms with van der Waals surface area (Å²) < 4.78 is 5.92. The molecule has 2 aromatic rings. The van der Waals surface area contributed by atoms with Crippen molar-refractivity contribution in [1.82, 2.24) is 10.2 Å². The highest BCUT2D eigenvalue weighted by atomic mass is 32.1. The molecule has 1 amide bonds. The molecule has 1 aliphatic heterocycles. The fourth-order valence-corrected chi connectivity index (χ4v) is 8.36. The number of aliphatic imine (C=N–C) groups is 1. The molecule has 0 saturated heterocycles. The largest absolute Gasteiger partial charge is 0.460 e. The molecule has 3 N–H and O–H groups in total. The lowest BCUT2D eigenvalue weighted by Crippen LogP contribution is -2.42. The quantitative estimate of drug-likeness (QED) is 0.106. The van der Waals surface area contributed by atoms with Crippen LogP contribution in [0.2, 0.25) is 0 Å². The molecule has 0 unspecified atom stereocenters. The highest BCUT2D eigenvalue weighted by molar-refractivity contribution is 7.12. The van der Waals surface area contributed by atoms with Crippen molar-refractivity contribution in [3.63, 3.8) is 0 Å². The summed E-state index contributed by atoms with van der Waals surface area (Å²) in [5.41, 5.74) is -0.492. The van der Waals surface area contributed by atoms with Crippen LogP contribution in [0.5, 0.6) is 0 Å². The maximum absolute atomic E-state index is 13.3. The fourth-order valence-electron chi connectivity index (χ4n) is 6.65. The number of dihydropyridines is 1. The van der Waals surface area contributed by atoms with E-state index in [1.807, 2.05) is 22.9 Å². The molecule has 0 spiro atoms. The maximum Gasteiger partial charge on any atom is 0.349 e. The number of aliphatic hydroxyl groups is 2. The van der Waals surface area contributed by atoms with Gasteiger partial charge in [0, 0.05) is 24.2 Å². The predicted molar refractivity (Wildman–Crippen MR) is 190 cm³/mol. The van der Waals surface area contributed by atoms with Crippen LogP contribution >= 0.6 is 22.7 Å². The van der Waals surface area contributed by atoms with E-state index < -0.39 is 23.6 Å². The molecule has 3 aliphatic rings. The fraction of sp³-hybridized carbons (Fsp3) is 0.514. The molecule has 9 nitrogen and oxygen atoms in total. The van der Waals surface area contributed by atoms with Gasteiger partial charge < -0.3 is 25.2 Å². The Morgan fingerprint density at radius 3 is 2.25 bits per heavy atom. The molecule has 2 aliphatic carbocycles. The van der Waals surface area contributed by atoms with Gasteiger partial charge in [0.1, 0.15) is 11.8 Å². The molecule has 48 heavy (non-hydrogen) atoms. The minimum Gasteiger partial charge on any atom is -0.460 e. The SMILES string of the molecule is CN(CCCCCCCCCNC[C@H](O)C1=C2C=CC(=O)N=C2C(=O)C=C1)C1CCC(OC(=O)C(O)(c2cccs2)c2cccs2)CC1. The maximum atomic E-state index is 13.3. The highest BCUT2D eigenvalue weighted by Gasteiger charge is 2.45. The molecule has 1 saturated carbocycles. The second-order valence-corrected chi connectivity index (χ2v) is 14.8. The van der Waals surface area contributed by atoms with E-state index >= 15 is 0 Å². The Morgan fingerprint density at radius 1 is 0.958 bits per heavy atom.